The highest BCUT2D eigenvalue weighted by Crippen LogP contribution is 2.09. The maximum absolute atomic E-state index is 12.0. The summed E-state index contributed by atoms with van der Waals surface area (Å²) in [7, 11) is 1.97. The van der Waals surface area contributed by atoms with Gasteiger partial charge in [-0.2, -0.15) is 0 Å². The lowest BCUT2D eigenvalue weighted by Gasteiger charge is -2.37. The van der Waals surface area contributed by atoms with Crippen LogP contribution in [0.15, 0.2) is 0 Å². The zero-order valence-electron chi connectivity index (χ0n) is 14.2. The van der Waals surface area contributed by atoms with Crippen molar-refractivity contribution >= 4 is 12.2 Å². The molecule has 1 aliphatic heterocycles. The molecule has 21 heavy (non-hydrogen) atoms. The summed E-state index contributed by atoms with van der Waals surface area (Å²) in [5.74, 6) is 0.350. The fraction of sp³-hybridized carbons (Fsp3) is 0.875. The summed E-state index contributed by atoms with van der Waals surface area (Å²) in [6, 6.07) is 0.601. The van der Waals surface area contributed by atoms with Crippen LogP contribution in [-0.2, 0) is 9.59 Å². The SMILES string of the molecule is CC=O.CNCCCCCC(=O)N1CCN(C(C)C)CC1. The van der Waals surface area contributed by atoms with Gasteiger partial charge in [0.05, 0.1) is 0 Å². The first-order valence-corrected chi connectivity index (χ1v) is 8.13. The van der Waals surface area contributed by atoms with Gasteiger partial charge in [0.15, 0.2) is 0 Å². The molecular weight excluding hydrogens is 266 g/mol. The van der Waals surface area contributed by atoms with E-state index in [1.165, 1.54) is 13.3 Å². The van der Waals surface area contributed by atoms with Gasteiger partial charge in [0.1, 0.15) is 6.29 Å². The van der Waals surface area contributed by atoms with E-state index in [-0.39, 0.29) is 0 Å². The van der Waals surface area contributed by atoms with Crippen LogP contribution in [0.3, 0.4) is 0 Å². The maximum Gasteiger partial charge on any atom is 0.222 e. The van der Waals surface area contributed by atoms with Crippen LogP contribution in [0.4, 0.5) is 0 Å². The Bertz CT molecular complexity index is 275. The third-order valence-corrected chi connectivity index (χ3v) is 3.71. The van der Waals surface area contributed by atoms with Crippen molar-refractivity contribution in [2.75, 3.05) is 39.8 Å². The van der Waals surface area contributed by atoms with Gasteiger partial charge in [-0.05, 0) is 47.2 Å². The lowest BCUT2D eigenvalue weighted by atomic mass is 10.1. The van der Waals surface area contributed by atoms with E-state index in [1.807, 2.05) is 11.9 Å². The van der Waals surface area contributed by atoms with E-state index >= 15 is 0 Å². The Hall–Kier alpha value is -0.940. The van der Waals surface area contributed by atoms with E-state index < -0.39 is 0 Å². The number of aldehydes is 1. The number of unbranched alkanes of at least 4 members (excludes halogenated alkanes) is 2. The van der Waals surface area contributed by atoms with Gasteiger partial charge < -0.3 is 15.0 Å². The number of carbonyl (C=O) groups is 2. The molecule has 1 aliphatic rings. The lowest BCUT2D eigenvalue weighted by molar-refractivity contribution is -0.133. The van der Waals surface area contributed by atoms with Crippen molar-refractivity contribution in [3.8, 4) is 0 Å². The Morgan fingerprint density at radius 1 is 1.14 bits per heavy atom. The Morgan fingerprint density at radius 3 is 2.19 bits per heavy atom. The molecule has 124 valence electrons. The molecule has 5 nitrogen and oxygen atoms in total. The first kappa shape index (κ1) is 20.1. The molecule has 1 rings (SSSR count). The first-order valence-electron chi connectivity index (χ1n) is 8.13. The summed E-state index contributed by atoms with van der Waals surface area (Å²) >= 11 is 0. The predicted octanol–water partition coefficient (Wildman–Crippen LogP) is 1.52. The smallest absolute Gasteiger partial charge is 0.222 e. The van der Waals surface area contributed by atoms with Crippen LogP contribution in [0.2, 0.25) is 0 Å². The van der Waals surface area contributed by atoms with Crippen molar-refractivity contribution in [2.24, 2.45) is 0 Å². The highest BCUT2D eigenvalue weighted by atomic mass is 16.2. The van der Waals surface area contributed by atoms with Crippen LogP contribution in [0.1, 0.15) is 46.5 Å². The topological polar surface area (TPSA) is 52.7 Å². The minimum atomic E-state index is 0.350. The largest absolute Gasteiger partial charge is 0.340 e. The molecule has 5 heteroatoms. The molecule has 0 aliphatic carbocycles. The summed E-state index contributed by atoms with van der Waals surface area (Å²) in [6.45, 7) is 10.8. The summed E-state index contributed by atoms with van der Waals surface area (Å²) in [5.41, 5.74) is 0. The van der Waals surface area contributed by atoms with Crippen LogP contribution in [0.5, 0.6) is 0 Å². The molecular formula is C16H33N3O2. The van der Waals surface area contributed by atoms with E-state index in [2.05, 4.69) is 24.1 Å². The Labute approximate surface area is 130 Å². The normalized spacial score (nSPS) is 15.6. The maximum atomic E-state index is 12.0. The number of nitrogens with zero attached hydrogens (tertiary/aromatic N) is 2. The molecule has 0 aromatic heterocycles. The lowest BCUT2D eigenvalue weighted by Crippen LogP contribution is -2.50. The van der Waals surface area contributed by atoms with Gasteiger partial charge in [0, 0.05) is 38.6 Å². The average molecular weight is 299 g/mol. The second-order valence-electron chi connectivity index (χ2n) is 5.66. The quantitative estimate of drug-likeness (QED) is 0.572. The Kier molecular flexibility index (Phi) is 12.2. The van der Waals surface area contributed by atoms with Crippen LogP contribution in [0, 0.1) is 0 Å². The van der Waals surface area contributed by atoms with E-state index in [0.29, 0.717) is 11.9 Å². The van der Waals surface area contributed by atoms with Gasteiger partial charge in [-0.15, -0.1) is 0 Å². The number of rotatable bonds is 7. The fourth-order valence-corrected chi connectivity index (χ4v) is 2.40. The van der Waals surface area contributed by atoms with Crippen molar-refractivity contribution in [1.29, 1.82) is 0 Å². The molecule has 0 saturated carbocycles. The van der Waals surface area contributed by atoms with Gasteiger partial charge in [0.2, 0.25) is 5.91 Å². The highest BCUT2D eigenvalue weighted by molar-refractivity contribution is 5.76. The molecule has 0 bridgehead atoms. The Morgan fingerprint density at radius 2 is 1.71 bits per heavy atom. The molecule has 1 saturated heterocycles. The van der Waals surface area contributed by atoms with Crippen molar-refractivity contribution in [2.45, 2.75) is 52.5 Å². The number of nitrogens with one attached hydrogen (secondary N) is 1. The van der Waals surface area contributed by atoms with Crippen LogP contribution in [-0.4, -0.2) is 67.8 Å². The van der Waals surface area contributed by atoms with Crippen LogP contribution in [0.25, 0.3) is 0 Å². The second-order valence-corrected chi connectivity index (χ2v) is 5.66. The molecule has 1 N–H and O–H groups in total. The molecule has 1 fully saturated rings. The highest BCUT2D eigenvalue weighted by Gasteiger charge is 2.21. The number of amides is 1. The minimum absolute atomic E-state index is 0.350. The van der Waals surface area contributed by atoms with Gasteiger partial charge in [0.25, 0.3) is 0 Å². The standard InChI is InChI=1S/C14H29N3O.C2H4O/c1-13(2)16-9-11-17(12-10-16)14(18)7-5-4-6-8-15-3;1-2-3/h13,15H,4-12H2,1-3H3;2H,1H3. The summed E-state index contributed by atoms with van der Waals surface area (Å²) in [4.78, 5) is 25.3. The number of carbonyl (C=O) groups excluding carboxylic acids is 2. The molecule has 0 aromatic carbocycles. The van der Waals surface area contributed by atoms with Gasteiger partial charge in [-0.1, -0.05) is 6.42 Å². The first-order chi connectivity index (χ1) is 10.1. The van der Waals surface area contributed by atoms with Crippen LogP contribution < -0.4 is 5.32 Å². The molecule has 0 aromatic rings. The van der Waals surface area contributed by atoms with E-state index in [0.717, 1.165) is 58.3 Å². The van der Waals surface area contributed by atoms with Gasteiger partial charge in [-0.3, -0.25) is 9.69 Å². The van der Waals surface area contributed by atoms with Crippen molar-refractivity contribution in [3.05, 3.63) is 0 Å². The van der Waals surface area contributed by atoms with Crippen molar-refractivity contribution in [1.82, 2.24) is 15.1 Å². The average Bonchev–Trinajstić information content (AvgIpc) is 2.47. The third kappa shape index (κ3) is 9.58. The summed E-state index contributed by atoms with van der Waals surface area (Å²) in [6.07, 6.45) is 4.83. The molecule has 1 heterocycles. The van der Waals surface area contributed by atoms with Crippen molar-refractivity contribution < 1.29 is 9.59 Å². The molecule has 0 spiro atoms. The number of hydrogen-bond donors (Lipinski definition) is 1. The Balaban J connectivity index is 0.00000122. The number of hydrogen-bond acceptors (Lipinski definition) is 4. The van der Waals surface area contributed by atoms with Crippen LogP contribution >= 0.6 is 0 Å². The minimum Gasteiger partial charge on any atom is -0.340 e. The van der Waals surface area contributed by atoms with E-state index in [9.17, 15) is 4.79 Å². The van der Waals surface area contributed by atoms with Gasteiger partial charge in [-0.25, -0.2) is 0 Å². The third-order valence-electron chi connectivity index (χ3n) is 3.71. The number of piperazine rings is 1. The van der Waals surface area contributed by atoms with E-state index in [4.69, 9.17) is 4.79 Å². The molecule has 0 radical (unpaired) electrons. The monoisotopic (exact) mass is 299 g/mol. The summed E-state index contributed by atoms with van der Waals surface area (Å²) < 4.78 is 0. The molecule has 1 amide bonds. The van der Waals surface area contributed by atoms with Gasteiger partial charge >= 0.3 is 0 Å². The zero-order chi connectivity index (χ0) is 16.1. The predicted molar refractivity (Wildman–Crippen MR) is 87.4 cm³/mol. The molecule has 0 atom stereocenters. The summed E-state index contributed by atoms with van der Waals surface area (Å²) in [5, 5.41) is 3.13. The fourth-order valence-electron chi connectivity index (χ4n) is 2.40. The van der Waals surface area contributed by atoms with Crippen molar-refractivity contribution in [3.63, 3.8) is 0 Å². The van der Waals surface area contributed by atoms with E-state index in [1.54, 1.807) is 0 Å². The molecule has 0 unspecified atom stereocenters. The zero-order valence-corrected chi connectivity index (χ0v) is 14.2. The second kappa shape index (κ2) is 12.8.